The molecule has 1 aromatic carbocycles. The number of allylic oxidation sites excluding steroid dienone is 1. The van der Waals surface area contributed by atoms with Crippen LogP contribution in [-0.4, -0.2) is 63.2 Å². The van der Waals surface area contributed by atoms with Gasteiger partial charge in [-0.05, 0) is 49.2 Å². The van der Waals surface area contributed by atoms with E-state index in [-0.39, 0.29) is 30.1 Å². The van der Waals surface area contributed by atoms with Crippen LogP contribution < -0.4 is 4.90 Å². The predicted octanol–water partition coefficient (Wildman–Crippen LogP) is 3.67. The summed E-state index contributed by atoms with van der Waals surface area (Å²) in [5.41, 5.74) is 0.676. The zero-order valence-corrected chi connectivity index (χ0v) is 20.4. The number of thiophene rings is 1. The number of carbonyl (C=O) groups is 2. The molecule has 1 unspecified atom stereocenters. The largest absolute Gasteiger partial charge is 0.345 e. The number of likely N-dealkylation sites (N-methyl/N-ethyl adjacent to an activating group) is 1. The van der Waals surface area contributed by atoms with Gasteiger partial charge in [-0.2, -0.15) is 4.31 Å². The van der Waals surface area contributed by atoms with Crippen LogP contribution in [0.5, 0.6) is 0 Å². The first-order valence-electron chi connectivity index (χ1n) is 9.67. The first-order chi connectivity index (χ1) is 14.9. The van der Waals surface area contributed by atoms with E-state index in [4.69, 9.17) is 11.6 Å². The minimum atomic E-state index is -3.91. The van der Waals surface area contributed by atoms with Gasteiger partial charge in [0.15, 0.2) is 0 Å². The Morgan fingerprint density at radius 1 is 1.25 bits per heavy atom. The van der Waals surface area contributed by atoms with E-state index in [0.29, 0.717) is 14.8 Å². The van der Waals surface area contributed by atoms with Crippen molar-refractivity contribution in [1.82, 2.24) is 9.21 Å². The topological polar surface area (TPSA) is 78.0 Å². The van der Waals surface area contributed by atoms with E-state index in [9.17, 15) is 22.4 Å². The van der Waals surface area contributed by atoms with Crippen molar-refractivity contribution in [2.75, 3.05) is 32.6 Å². The highest BCUT2D eigenvalue weighted by atomic mass is 35.5. The molecule has 1 aliphatic heterocycles. The lowest BCUT2D eigenvalue weighted by Gasteiger charge is -2.23. The van der Waals surface area contributed by atoms with Gasteiger partial charge in [0.05, 0.1) is 15.4 Å². The highest BCUT2D eigenvalue weighted by molar-refractivity contribution is 7.92. The fourth-order valence-corrected chi connectivity index (χ4v) is 5.81. The molecule has 0 bridgehead atoms. The van der Waals surface area contributed by atoms with Crippen molar-refractivity contribution in [2.45, 2.75) is 19.4 Å². The summed E-state index contributed by atoms with van der Waals surface area (Å²) < 4.78 is 42.0. The van der Waals surface area contributed by atoms with Crippen LogP contribution >= 0.6 is 22.9 Å². The van der Waals surface area contributed by atoms with E-state index in [1.807, 2.05) is 0 Å². The molecule has 1 aliphatic rings. The third kappa shape index (κ3) is 4.88. The molecule has 0 saturated carbocycles. The number of amides is 2. The number of rotatable bonds is 6. The summed E-state index contributed by atoms with van der Waals surface area (Å²) in [6.45, 7) is 1.81. The highest BCUT2D eigenvalue weighted by Gasteiger charge is 2.40. The van der Waals surface area contributed by atoms with Crippen molar-refractivity contribution in [2.24, 2.45) is 0 Å². The van der Waals surface area contributed by atoms with E-state index in [1.165, 1.54) is 40.3 Å². The van der Waals surface area contributed by atoms with Gasteiger partial charge < -0.3 is 9.80 Å². The lowest BCUT2D eigenvalue weighted by Crippen LogP contribution is -2.42. The third-order valence-electron chi connectivity index (χ3n) is 5.20. The van der Waals surface area contributed by atoms with Crippen LogP contribution in [0.1, 0.15) is 28.6 Å². The minimum absolute atomic E-state index is 0.0126. The molecule has 0 radical (unpaired) electrons. The van der Waals surface area contributed by atoms with Gasteiger partial charge in [-0.3, -0.25) is 9.59 Å². The maximum atomic E-state index is 14.7. The van der Waals surface area contributed by atoms with E-state index in [2.05, 4.69) is 0 Å². The third-order valence-corrected chi connectivity index (χ3v) is 8.27. The Bertz CT molecular complexity index is 1190. The molecule has 0 aliphatic carbocycles. The summed E-state index contributed by atoms with van der Waals surface area (Å²) in [4.78, 5) is 28.3. The Hall–Kier alpha value is -2.27. The van der Waals surface area contributed by atoms with Gasteiger partial charge in [0, 0.05) is 38.1 Å². The van der Waals surface area contributed by atoms with Crippen LogP contribution in [0.4, 0.5) is 10.1 Å². The molecule has 11 heteroatoms. The van der Waals surface area contributed by atoms with E-state index >= 15 is 0 Å². The molecule has 1 aromatic heterocycles. The van der Waals surface area contributed by atoms with Crippen LogP contribution in [0.3, 0.4) is 0 Å². The van der Waals surface area contributed by atoms with Crippen molar-refractivity contribution >= 4 is 56.0 Å². The normalized spacial score (nSPS) is 17.3. The average molecular weight is 500 g/mol. The van der Waals surface area contributed by atoms with Crippen LogP contribution in [-0.2, 0) is 14.8 Å². The Morgan fingerprint density at radius 3 is 2.50 bits per heavy atom. The van der Waals surface area contributed by atoms with Crippen LogP contribution in [0, 0.1) is 5.82 Å². The number of sulfonamides is 1. The van der Waals surface area contributed by atoms with Crippen LogP contribution in [0.2, 0.25) is 4.34 Å². The first kappa shape index (κ1) is 24.4. The number of carbonyl (C=O) groups excluding carboxylic acids is 2. The average Bonchev–Trinajstić information content (AvgIpc) is 3.32. The summed E-state index contributed by atoms with van der Waals surface area (Å²) in [6.07, 6.45) is 0.212. The van der Waals surface area contributed by atoms with E-state index in [0.717, 1.165) is 15.8 Å². The van der Waals surface area contributed by atoms with Crippen molar-refractivity contribution in [3.63, 3.8) is 0 Å². The summed E-state index contributed by atoms with van der Waals surface area (Å²) in [5, 5.41) is 1.10. The second-order valence-corrected chi connectivity index (χ2v) is 11.2. The molecule has 0 spiro atoms. The van der Waals surface area contributed by atoms with Gasteiger partial charge in [-0.15, -0.1) is 11.3 Å². The summed E-state index contributed by atoms with van der Waals surface area (Å²) in [6, 6.07) is 6.34. The van der Waals surface area contributed by atoms with Gasteiger partial charge in [0.25, 0.3) is 5.91 Å². The van der Waals surface area contributed by atoms with Gasteiger partial charge in [-0.1, -0.05) is 11.6 Å². The SMILES string of the molecule is C/C(=C\S(=O)(=O)N(C)C1CCN(c2ccc(C(=O)N(C)C)cc2F)C1=O)c1ccc(Cl)s1. The molecular weight excluding hydrogens is 477 g/mol. The molecule has 7 nitrogen and oxygen atoms in total. The smallest absolute Gasteiger partial charge is 0.253 e. The molecule has 1 saturated heterocycles. The maximum absolute atomic E-state index is 14.7. The molecule has 32 heavy (non-hydrogen) atoms. The number of nitrogens with zero attached hydrogens (tertiary/aromatic N) is 3. The minimum Gasteiger partial charge on any atom is -0.345 e. The summed E-state index contributed by atoms with van der Waals surface area (Å²) in [7, 11) is 0.536. The molecule has 3 rings (SSSR count). The summed E-state index contributed by atoms with van der Waals surface area (Å²) in [5.74, 6) is -1.60. The fraction of sp³-hybridized carbons (Fsp3) is 0.333. The lowest BCUT2D eigenvalue weighted by molar-refractivity contribution is -0.120. The second-order valence-electron chi connectivity index (χ2n) is 7.63. The van der Waals surface area contributed by atoms with Crippen LogP contribution in [0.25, 0.3) is 5.57 Å². The Labute approximate surface area is 195 Å². The van der Waals surface area contributed by atoms with Crippen molar-refractivity contribution in [1.29, 1.82) is 0 Å². The highest BCUT2D eigenvalue weighted by Crippen LogP contribution is 2.31. The number of hydrogen-bond acceptors (Lipinski definition) is 5. The lowest BCUT2D eigenvalue weighted by atomic mass is 10.1. The first-order valence-corrected chi connectivity index (χ1v) is 12.4. The van der Waals surface area contributed by atoms with Crippen molar-refractivity contribution in [3.8, 4) is 0 Å². The van der Waals surface area contributed by atoms with Gasteiger partial charge in [0.2, 0.25) is 15.9 Å². The molecule has 1 atom stereocenters. The Morgan fingerprint density at radius 2 is 1.94 bits per heavy atom. The Kier molecular flexibility index (Phi) is 7.09. The fourth-order valence-electron chi connectivity index (χ4n) is 3.43. The van der Waals surface area contributed by atoms with Crippen molar-refractivity contribution < 1.29 is 22.4 Å². The molecule has 2 amide bonds. The van der Waals surface area contributed by atoms with Crippen LogP contribution in [0.15, 0.2) is 35.7 Å². The van der Waals surface area contributed by atoms with E-state index in [1.54, 1.807) is 33.2 Å². The molecule has 2 aromatic rings. The second kappa shape index (κ2) is 9.30. The predicted molar refractivity (Wildman–Crippen MR) is 125 cm³/mol. The summed E-state index contributed by atoms with van der Waals surface area (Å²) >= 11 is 7.18. The maximum Gasteiger partial charge on any atom is 0.253 e. The number of benzene rings is 1. The van der Waals surface area contributed by atoms with Crippen molar-refractivity contribution in [3.05, 3.63) is 56.3 Å². The molecular formula is C21H23ClFN3O4S2. The molecule has 2 heterocycles. The molecule has 0 N–H and O–H groups in total. The zero-order valence-electron chi connectivity index (χ0n) is 18.0. The number of anilines is 1. The Balaban J connectivity index is 1.81. The van der Waals surface area contributed by atoms with Gasteiger partial charge in [0.1, 0.15) is 11.9 Å². The zero-order chi connectivity index (χ0) is 23.8. The van der Waals surface area contributed by atoms with E-state index < -0.39 is 27.8 Å². The monoisotopic (exact) mass is 499 g/mol. The quantitative estimate of drug-likeness (QED) is 0.607. The number of hydrogen-bond donors (Lipinski definition) is 0. The molecule has 172 valence electrons. The standard InChI is InChI=1S/C21H23ClFN3O4S2/c1-13(18-7-8-19(22)31-18)12-32(29,30)25(4)17-9-10-26(21(17)28)16-6-5-14(11-15(16)23)20(27)24(2)3/h5-8,11-12,17H,9-10H2,1-4H3/b13-12+. The van der Waals surface area contributed by atoms with Gasteiger partial charge in [-0.25, -0.2) is 12.8 Å². The number of halogens is 2. The van der Waals surface area contributed by atoms with Gasteiger partial charge >= 0.3 is 0 Å². The molecule has 1 fully saturated rings.